The lowest BCUT2D eigenvalue weighted by atomic mass is 9.43. The van der Waals surface area contributed by atoms with Gasteiger partial charge in [0.05, 0.1) is 5.69 Å². The third-order valence-corrected chi connectivity index (χ3v) is 16.6. The summed E-state index contributed by atoms with van der Waals surface area (Å²) in [5, 5.41) is 2.70. The van der Waals surface area contributed by atoms with Gasteiger partial charge < -0.3 is 4.90 Å². The minimum atomic E-state index is -0.0849. The Balaban J connectivity index is 1.00. The first-order valence-corrected chi connectivity index (χ1v) is 22.1. The molecule has 0 radical (unpaired) electrons. The number of rotatable bonds is 4. The zero-order chi connectivity index (χ0) is 37.6. The van der Waals surface area contributed by atoms with Crippen molar-refractivity contribution in [1.82, 2.24) is 0 Å². The van der Waals surface area contributed by atoms with Crippen LogP contribution < -0.4 is 4.90 Å². The molecule has 57 heavy (non-hydrogen) atoms. The molecule has 1 aromatic heterocycles. The first-order valence-electron chi connectivity index (χ1n) is 21.3. The molecule has 0 N–H and O–H groups in total. The molecule has 0 aliphatic heterocycles. The normalized spacial score (nSPS) is 24.2. The second-order valence-corrected chi connectivity index (χ2v) is 19.6. The van der Waals surface area contributed by atoms with Crippen molar-refractivity contribution >= 4 is 48.6 Å². The third kappa shape index (κ3) is 4.35. The number of benzene rings is 7. The van der Waals surface area contributed by atoms with Crippen molar-refractivity contribution in [1.29, 1.82) is 0 Å². The Kier molecular flexibility index (Phi) is 6.63. The first kappa shape index (κ1) is 32.6. The van der Waals surface area contributed by atoms with Gasteiger partial charge >= 0.3 is 0 Å². The van der Waals surface area contributed by atoms with E-state index in [1.165, 1.54) is 114 Å². The van der Waals surface area contributed by atoms with Crippen molar-refractivity contribution < 1.29 is 0 Å². The Morgan fingerprint density at radius 1 is 0.474 bits per heavy atom. The topological polar surface area (TPSA) is 3.24 Å². The van der Waals surface area contributed by atoms with Crippen LogP contribution in [0.2, 0.25) is 0 Å². The summed E-state index contributed by atoms with van der Waals surface area (Å²) in [5.41, 5.74) is 18.0. The minimum absolute atomic E-state index is 0.0849. The van der Waals surface area contributed by atoms with Crippen LogP contribution in [0, 0.1) is 23.7 Å². The van der Waals surface area contributed by atoms with Gasteiger partial charge in [-0.3, -0.25) is 0 Å². The molecular formula is C55H45NS. The lowest BCUT2D eigenvalue weighted by molar-refractivity contribution is -0.0399. The predicted octanol–water partition coefficient (Wildman–Crippen LogP) is 15.2. The van der Waals surface area contributed by atoms with Crippen LogP contribution in [-0.2, 0) is 10.8 Å². The molecule has 7 aromatic carbocycles. The number of hydrogen-bond donors (Lipinski definition) is 0. The van der Waals surface area contributed by atoms with Crippen molar-refractivity contribution in [2.75, 3.05) is 4.90 Å². The molecule has 0 amide bonds. The van der Waals surface area contributed by atoms with Gasteiger partial charge in [-0.05, 0) is 148 Å². The van der Waals surface area contributed by atoms with E-state index in [1.54, 1.807) is 11.1 Å². The minimum Gasteiger partial charge on any atom is -0.310 e. The predicted molar refractivity (Wildman–Crippen MR) is 240 cm³/mol. The monoisotopic (exact) mass is 751 g/mol. The second-order valence-electron chi connectivity index (χ2n) is 18.5. The molecule has 6 aliphatic carbocycles. The molecule has 6 aliphatic rings. The third-order valence-electron chi connectivity index (χ3n) is 15.5. The SMILES string of the molecule is CC1(C)c2ccccc2-c2ccc(N(c3ccc(-c4ccc5c(c4)sc4ccccc45)cc3)c3cccc4c3-c3ccccc3C43C4CC5CC(C4)CC3C5)cc21. The lowest BCUT2D eigenvalue weighted by Crippen LogP contribution is -2.55. The van der Waals surface area contributed by atoms with Crippen LogP contribution in [0.3, 0.4) is 0 Å². The maximum absolute atomic E-state index is 2.60. The molecule has 4 fully saturated rings. The molecule has 0 saturated heterocycles. The fraction of sp³-hybridized carbons (Fsp3) is 0.236. The second kappa shape index (κ2) is 11.6. The highest BCUT2D eigenvalue weighted by atomic mass is 32.1. The molecule has 0 unspecified atom stereocenters. The highest BCUT2D eigenvalue weighted by Crippen LogP contribution is 2.70. The van der Waals surface area contributed by atoms with Crippen LogP contribution in [0.15, 0.2) is 152 Å². The Morgan fingerprint density at radius 2 is 1.11 bits per heavy atom. The molecule has 1 nitrogen and oxygen atoms in total. The van der Waals surface area contributed by atoms with E-state index < -0.39 is 0 Å². The maximum Gasteiger partial charge on any atom is 0.0543 e. The molecule has 1 spiro atoms. The van der Waals surface area contributed by atoms with E-state index >= 15 is 0 Å². The smallest absolute Gasteiger partial charge is 0.0543 e. The zero-order valence-electron chi connectivity index (χ0n) is 32.6. The summed E-state index contributed by atoms with van der Waals surface area (Å²) in [6.07, 6.45) is 7.04. The van der Waals surface area contributed by atoms with Gasteiger partial charge in [-0.15, -0.1) is 11.3 Å². The van der Waals surface area contributed by atoms with Crippen LogP contribution in [-0.4, -0.2) is 0 Å². The summed E-state index contributed by atoms with van der Waals surface area (Å²) < 4.78 is 2.70. The van der Waals surface area contributed by atoms with Gasteiger partial charge in [0.2, 0.25) is 0 Å². The average Bonchev–Trinajstić information content (AvgIpc) is 3.84. The standard InChI is InChI=1S/C55H45NS/c1-54(2)46-13-6-3-10-41(46)42-25-23-40(32-49(42)54)56(39-21-18-35(19-22-39)36-20-24-44-43-11-5-8-17-51(43)57-52(44)31-36)50-16-9-15-48-53(50)45-12-4-7-14-47(45)55(48)37-27-33-26-34(29-37)30-38(55)28-33/h3-25,31-34,37-38H,26-30H2,1-2H3. The summed E-state index contributed by atoms with van der Waals surface area (Å²) in [6, 6.07) is 58.5. The molecule has 0 atom stereocenters. The number of nitrogens with zero attached hydrogens (tertiary/aromatic N) is 1. The van der Waals surface area contributed by atoms with Crippen LogP contribution in [0.1, 0.15) is 68.2 Å². The summed E-state index contributed by atoms with van der Waals surface area (Å²) in [7, 11) is 0. The maximum atomic E-state index is 2.60. The molecular weight excluding hydrogens is 707 g/mol. The number of fused-ring (bicyclic) bond motifs is 9. The van der Waals surface area contributed by atoms with Crippen molar-refractivity contribution in [2.45, 2.75) is 56.8 Å². The van der Waals surface area contributed by atoms with Gasteiger partial charge in [0.25, 0.3) is 0 Å². The van der Waals surface area contributed by atoms with Crippen molar-refractivity contribution in [2.24, 2.45) is 23.7 Å². The lowest BCUT2D eigenvalue weighted by Gasteiger charge is -2.61. The molecule has 8 aromatic rings. The van der Waals surface area contributed by atoms with Gasteiger partial charge in [0.1, 0.15) is 0 Å². The van der Waals surface area contributed by atoms with E-state index in [-0.39, 0.29) is 10.8 Å². The van der Waals surface area contributed by atoms with E-state index in [0.717, 1.165) is 23.7 Å². The van der Waals surface area contributed by atoms with Crippen molar-refractivity contribution in [3.8, 4) is 33.4 Å². The van der Waals surface area contributed by atoms with Crippen LogP contribution >= 0.6 is 11.3 Å². The van der Waals surface area contributed by atoms with Gasteiger partial charge in [0.15, 0.2) is 0 Å². The molecule has 4 saturated carbocycles. The average molecular weight is 752 g/mol. The molecule has 2 heteroatoms. The van der Waals surface area contributed by atoms with Crippen molar-refractivity contribution in [3.05, 3.63) is 174 Å². The van der Waals surface area contributed by atoms with Crippen molar-refractivity contribution in [3.63, 3.8) is 0 Å². The van der Waals surface area contributed by atoms with E-state index in [9.17, 15) is 0 Å². The van der Waals surface area contributed by atoms with Gasteiger partial charge in [-0.1, -0.05) is 123 Å². The van der Waals surface area contributed by atoms with Gasteiger partial charge in [-0.25, -0.2) is 0 Å². The van der Waals surface area contributed by atoms with E-state index in [1.807, 2.05) is 11.3 Å². The van der Waals surface area contributed by atoms with Gasteiger partial charge in [-0.2, -0.15) is 0 Å². The Bertz CT molecular complexity index is 2930. The molecule has 4 bridgehead atoms. The fourth-order valence-corrected chi connectivity index (χ4v) is 14.5. The Labute approximate surface area is 339 Å². The highest BCUT2D eigenvalue weighted by molar-refractivity contribution is 7.25. The van der Waals surface area contributed by atoms with Crippen LogP contribution in [0.5, 0.6) is 0 Å². The number of thiophene rings is 1. The van der Waals surface area contributed by atoms with Crippen LogP contribution in [0.4, 0.5) is 17.1 Å². The molecule has 1 heterocycles. The van der Waals surface area contributed by atoms with Gasteiger partial charge in [0, 0.05) is 47.9 Å². The van der Waals surface area contributed by atoms with E-state index in [4.69, 9.17) is 0 Å². The Morgan fingerprint density at radius 3 is 1.91 bits per heavy atom. The fourth-order valence-electron chi connectivity index (χ4n) is 13.3. The first-order chi connectivity index (χ1) is 28.0. The highest BCUT2D eigenvalue weighted by Gasteiger charge is 2.62. The number of hydrogen-bond acceptors (Lipinski definition) is 2. The van der Waals surface area contributed by atoms with Crippen LogP contribution in [0.25, 0.3) is 53.6 Å². The molecule has 14 rings (SSSR count). The summed E-state index contributed by atoms with van der Waals surface area (Å²) in [6.45, 7) is 4.81. The summed E-state index contributed by atoms with van der Waals surface area (Å²) >= 11 is 1.89. The number of anilines is 3. The van der Waals surface area contributed by atoms with E-state index in [2.05, 4.69) is 170 Å². The summed E-state index contributed by atoms with van der Waals surface area (Å²) in [5.74, 6) is 3.31. The largest absolute Gasteiger partial charge is 0.310 e. The quantitative estimate of drug-likeness (QED) is 0.173. The Hall–Kier alpha value is -5.44. The van der Waals surface area contributed by atoms with E-state index in [0.29, 0.717) is 0 Å². The summed E-state index contributed by atoms with van der Waals surface area (Å²) in [4.78, 5) is 2.60. The zero-order valence-corrected chi connectivity index (χ0v) is 33.5. The molecule has 276 valence electrons.